The molecule has 2 heterocycles. The van der Waals surface area contributed by atoms with Gasteiger partial charge < -0.3 is 15.5 Å². The molecule has 0 bridgehead atoms. The second-order valence-corrected chi connectivity index (χ2v) is 7.02. The summed E-state index contributed by atoms with van der Waals surface area (Å²) >= 11 is 1.34. The number of hydrogen-bond acceptors (Lipinski definition) is 5. The summed E-state index contributed by atoms with van der Waals surface area (Å²) in [6.45, 7) is 6.31. The van der Waals surface area contributed by atoms with Gasteiger partial charge >= 0.3 is 0 Å². The molecular weight excluding hydrogens is 284 g/mol. The van der Waals surface area contributed by atoms with Crippen molar-refractivity contribution in [1.29, 1.82) is 5.26 Å². The standard InChI is InChI=1S/C15H22N4OS/c1-9-5-6-19(8-10(9)2)15-11(7-16)12(17)13(21-15)14(20)18(3)4/h9-10H,5-6,8,17H2,1-4H3. The van der Waals surface area contributed by atoms with Crippen molar-refractivity contribution in [3.8, 4) is 6.07 Å². The Morgan fingerprint density at radius 1 is 1.43 bits per heavy atom. The molecule has 6 heteroatoms. The third kappa shape index (κ3) is 2.84. The number of amides is 1. The fourth-order valence-corrected chi connectivity index (χ4v) is 3.80. The van der Waals surface area contributed by atoms with E-state index in [1.165, 1.54) is 16.2 Å². The molecule has 21 heavy (non-hydrogen) atoms. The Kier molecular flexibility index (Phi) is 4.43. The first-order valence-electron chi connectivity index (χ1n) is 7.15. The molecule has 1 aliphatic rings. The van der Waals surface area contributed by atoms with Crippen LogP contribution in [-0.4, -0.2) is 38.0 Å². The number of nitrogens with zero attached hydrogens (tertiary/aromatic N) is 3. The van der Waals surface area contributed by atoms with E-state index in [9.17, 15) is 10.1 Å². The molecule has 2 atom stereocenters. The molecule has 0 saturated carbocycles. The average molecular weight is 306 g/mol. The first-order valence-corrected chi connectivity index (χ1v) is 7.97. The van der Waals surface area contributed by atoms with Crippen LogP contribution in [0.4, 0.5) is 10.7 Å². The number of nitrogens with two attached hydrogens (primary N) is 1. The minimum Gasteiger partial charge on any atom is -0.396 e. The van der Waals surface area contributed by atoms with Gasteiger partial charge in [-0.05, 0) is 18.3 Å². The van der Waals surface area contributed by atoms with E-state index in [0.29, 0.717) is 28.0 Å². The van der Waals surface area contributed by atoms with Gasteiger partial charge in [-0.25, -0.2) is 0 Å². The van der Waals surface area contributed by atoms with Crippen molar-refractivity contribution in [2.75, 3.05) is 37.8 Å². The van der Waals surface area contributed by atoms with Crippen LogP contribution in [0.1, 0.15) is 35.5 Å². The molecule has 1 saturated heterocycles. The Labute approximate surface area is 129 Å². The number of carbonyl (C=O) groups is 1. The predicted octanol–water partition coefficient (Wildman–Crippen LogP) is 2.39. The van der Waals surface area contributed by atoms with E-state index in [-0.39, 0.29) is 5.91 Å². The van der Waals surface area contributed by atoms with Crippen LogP contribution in [-0.2, 0) is 0 Å². The van der Waals surface area contributed by atoms with Crippen molar-refractivity contribution in [2.45, 2.75) is 20.3 Å². The number of nitriles is 1. The van der Waals surface area contributed by atoms with Gasteiger partial charge in [-0.3, -0.25) is 4.79 Å². The van der Waals surface area contributed by atoms with E-state index in [0.717, 1.165) is 24.5 Å². The largest absolute Gasteiger partial charge is 0.396 e. The molecule has 2 unspecified atom stereocenters. The SMILES string of the molecule is CC1CCN(c2sc(C(=O)N(C)C)c(N)c2C#N)CC1C. The van der Waals surface area contributed by atoms with Gasteiger partial charge in [0, 0.05) is 27.2 Å². The summed E-state index contributed by atoms with van der Waals surface area (Å²) in [6.07, 6.45) is 1.10. The van der Waals surface area contributed by atoms with Gasteiger partial charge in [-0.2, -0.15) is 5.26 Å². The van der Waals surface area contributed by atoms with Gasteiger partial charge in [-0.1, -0.05) is 13.8 Å². The zero-order valence-electron chi connectivity index (χ0n) is 13.0. The highest BCUT2D eigenvalue weighted by molar-refractivity contribution is 7.19. The first kappa shape index (κ1) is 15.6. The van der Waals surface area contributed by atoms with Crippen LogP contribution in [0.5, 0.6) is 0 Å². The van der Waals surface area contributed by atoms with E-state index < -0.39 is 0 Å². The molecule has 0 aromatic carbocycles. The third-order valence-corrected chi connectivity index (χ3v) is 5.51. The Balaban J connectivity index is 2.39. The van der Waals surface area contributed by atoms with E-state index in [1.54, 1.807) is 14.1 Å². The molecule has 0 radical (unpaired) electrons. The smallest absolute Gasteiger partial charge is 0.265 e. The zero-order chi connectivity index (χ0) is 15.7. The van der Waals surface area contributed by atoms with Gasteiger partial charge in [0.15, 0.2) is 0 Å². The molecule has 5 nitrogen and oxygen atoms in total. The van der Waals surface area contributed by atoms with Gasteiger partial charge in [0.1, 0.15) is 21.5 Å². The topological polar surface area (TPSA) is 73.4 Å². The van der Waals surface area contributed by atoms with E-state index in [2.05, 4.69) is 24.8 Å². The Hall–Kier alpha value is -1.74. The molecule has 1 amide bonds. The van der Waals surface area contributed by atoms with Crippen LogP contribution < -0.4 is 10.6 Å². The van der Waals surface area contributed by atoms with Crippen molar-refractivity contribution in [1.82, 2.24) is 4.90 Å². The number of piperidine rings is 1. The van der Waals surface area contributed by atoms with Gasteiger partial charge in [0.2, 0.25) is 0 Å². The lowest BCUT2D eigenvalue weighted by molar-refractivity contribution is 0.0833. The highest BCUT2D eigenvalue weighted by Gasteiger charge is 2.29. The maximum atomic E-state index is 12.2. The number of hydrogen-bond donors (Lipinski definition) is 1. The number of anilines is 2. The lowest BCUT2D eigenvalue weighted by Gasteiger charge is -2.36. The molecule has 0 spiro atoms. The van der Waals surface area contributed by atoms with Crippen molar-refractivity contribution in [2.24, 2.45) is 11.8 Å². The van der Waals surface area contributed by atoms with Crippen LogP contribution >= 0.6 is 11.3 Å². The molecule has 114 valence electrons. The zero-order valence-corrected chi connectivity index (χ0v) is 13.8. The Bertz CT molecular complexity index is 587. The molecule has 1 aromatic heterocycles. The molecule has 2 rings (SSSR count). The van der Waals surface area contributed by atoms with E-state index in [4.69, 9.17) is 5.73 Å². The van der Waals surface area contributed by atoms with Crippen molar-refractivity contribution >= 4 is 27.9 Å². The average Bonchev–Trinajstić information content (AvgIpc) is 2.77. The maximum Gasteiger partial charge on any atom is 0.265 e. The van der Waals surface area contributed by atoms with Crippen LogP contribution in [0.2, 0.25) is 0 Å². The summed E-state index contributed by atoms with van der Waals surface area (Å²) in [5, 5.41) is 10.3. The van der Waals surface area contributed by atoms with Crippen molar-refractivity contribution < 1.29 is 4.79 Å². The molecule has 1 fully saturated rings. The Morgan fingerprint density at radius 3 is 2.62 bits per heavy atom. The molecule has 1 aliphatic heterocycles. The third-order valence-electron chi connectivity index (χ3n) is 4.26. The summed E-state index contributed by atoms with van der Waals surface area (Å²) in [5.41, 5.74) is 6.81. The quantitative estimate of drug-likeness (QED) is 0.910. The maximum absolute atomic E-state index is 12.2. The summed E-state index contributed by atoms with van der Waals surface area (Å²) < 4.78 is 0. The number of carbonyl (C=O) groups excluding carboxylic acids is 1. The number of nitrogen functional groups attached to an aromatic ring is 1. The molecule has 2 N–H and O–H groups in total. The minimum absolute atomic E-state index is 0.140. The fourth-order valence-electron chi connectivity index (χ4n) is 2.57. The molecule has 0 aliphatic carbocycles. The van der Waals surface area contributed by atoms with Crippen molar-refractivity contribution in [3.05, 3.63) is 10.4 Å². The first-order chi connectivity index (χ1) is 9.86. The summed E-state index contributed by atoms with van der Waals surface area (Å²) in [5.74, 6) is 1.12. The van der Waals surface area contributed by atoms with E-state index in [1.807, 2.05) is 0 Å². The number of rotatable bonds is 2. The molecule has 1 aromatic rings. The van der Waals surface area contributed by atoms with Crippen molar-refractivity contribution in [3.63, 3.8) is 0 Å². The fraction of sp³-hybridized carbons (Fsp3) is 0.600. The lowest BCUT2D eigenvalue weighted by atomic mass is 9.89. The second-order valence-electron chi connectivity index (χ2n) is 6.03. The van der Waals surface area contributed by atoms with Crippen LogP contribution in [0.15, 0.2) is 0 Å². The van der Waals surface area contributed by atoms with E-state index >= 15 is 0 Å². The summed E-state index contributed by atoms with van der Waals surface area (Å²) in [6, 6.07) is 2.17. The normalized spacial score (nSPS) is 22.0. The molecular formula is C15H22N4OS. The van der Waals surface area contributed by atoms with Crippen LogP contribution in [0.25, 0.3) is 0 Å². The number of thiophene rings is 1. The van der Waals surface area contributed by atoms with Gasteiger partial charge in [0.25, 0.3) is 5.91 Å². The Morgan fingerprint density at radius 2 is 2.10 bits per heavy atom. The minimum atomic E-state index is -0.140. The predicted molar refractivity (Wildman–Crippen MR) is 86.6 cm³/mol. The van der Waals surface area contributed by atoms with Gasteiger partial charge in [0.05, 0.1) is 5.69 Å². The van der Waals surface area contributed by atoms with Crippen LogP contribution in [0.3, 0.4) is 0 Å². The summed E-state index contributed by atoms with van der Waals surface area (Å²) in [7, 11) is 3.38. The highest BCUT2D eigenvalue weighted by atomic mass is 32.1. The summed E-state index contributed by atoms with van der Waals surface area (Å²) in [4.78, 5) is 16.3. The highest BCUT2D eigenvalue weighted by Crippen LogP contribution is 2.40. The van der Waals surface area contributed by atoms with Crippen LogP contribution in [0, 0.1) is 23.2 Å². The lowest BCUT2D eigenvalue weighted by Crippen LogP contribution is -2.38. The second kappa shape index (κ2) is 5.94. The van der Waals surface area contributed by atoms with Gasteiger partial charge in [-0.15, -0.1) is 11.3 Å². The monoisotopic (exact) mass is 306 g/mol.